The maximum atomic E-state index is 12.0. The quantitative estimate of drug-likeness (QED) is 0.831. The van der Waals surface area contributed by atoms with Gasteiger partial charge in [-0.3, -0.25) is 4.79 Å². The molecule has 5 nitrogen and oxygen atoms in total. The van der Waals surface area contributed by atoms with E-state index in [1.807, 2.05) is 0 Å². The molecule has 0 bridgehead atoms. The standard InChI is InChI=1S/C11H13BrN2O3S/c1-7(15)14-4-3-8-5-9(12)11(6-10(8)14)18(16,17)13-2/h5-6H,3-4H2,1-2H3,(H,13,16,17)/p+1. The molecule has 1 amide bonds. The molecular formula is C11H14BrN2O3S+. The molecule has 0 radical (unpaired) electrons. The molecule has 0 saturated carbocycles. The summed E-state index contributed by atoms with van der Waals surface area (Å²) in [5, 5.41) is 0. The van der Waals surface area contributed by atoms with Crippen molar-refractivity contribution in [2.45, 2.75) is 18.2 Å². The van der Waals surface area contributed by atoms with Crippen LogP contribution in [0.1, 0.15) is 12.5 Å². The van der Waals surface area contributed by atoms with E-state index in [4.69, 9.17) is 0 Å². The fraction of sp³-hybridized carbons (Fsp3) is 0.364. The minimum absolute atomic E-state index is 0.0593. The van der Waals surface area contributed by atoms with Crippen molar-refractivity contribution in [2.75, 3.05) is 18.5 Å². The lowest BCUT2D eigenvalue weighted by molar-refractivity contribution is -0.116. The van der Waals surface area contributed by atoms with Gasteiger partial charge in [0.15, 0.2) is 0 Å². The van der Waals surface area contributed by atoms with Gasteiger partial charge in [-0.25, -0.2) is 4.21 Å². The zero-order chi connectivity index (χ0) is 13.5. The molecule has 18 heavy (non-hydrogen) atoms. The van der Waals surface area contributed by atoms with Crippen LogP contribution >= 0.6 is 15.9 Å². The molecule has 0 saturated heterocycles. The van der Waals surface area contributed by atoms with Crippen molar-refractivity contribution in [1.29, 1.82) is 0 Å². The summed E-state index contributed by atoms with van der Waals surface area (Å²) in [5.74, 6) is -0.0593. The van der Waals surface area contributed by atoms with Gasteiger partial charge in [0, 0.05) is 30.7 Å². The summed E-state index contributed by atoms with van der Waals surface area (Å²) in [6.45, 7) is 2.11. The molecule has 98 valence electrons. The SMILES string of the molecule is CNS(=O)(=[OH+])c1cc2c(cc1Br)CCN2C(C)=O. The summed E-state index contributed by atoms with van der Waals surface area (Å²) in [6, 6.07) is 3.41. The first kappa shape index (κ1) is 13.5. The van der Waals surface area contributed by atoms with Gasteiger partial charge in [-0.05, 0) is 40.0 Å². The van der Waals surface area contributed by atoms with Gasteiger partial charge in [0.2, 0.25) is 5.91 Å². The van der Waals surface area contributed by atoms with Gasteiger partial charge >= 0.3 is 10.0 Å². The topological polar surface area (TPSA) is 70.8 Å². The maximum absolute atomic E-state index is 12.0. The maximum Gasteiger partial charge on any atom is 0.374 e. The summed E-state index contributed by atoms with van der Waals surface area (Å²) in [6.07, 6.45) is 0.764. The van der Waals surface area contributed by atoms with Gasteiger partial charge in [-0.2, -0.15) is 8.93 Å². The van der Waals surface area contributed by atoms with Crippen molar-refractivity contribution < 1.29 is 13.2 Å². The molecule has 0 aliphatic carbocycles. The number of hydrogen-bond acceptors (Lipinski definition) is 2. The zero-order valence-electron chi connectivity index (χ0n) is 10.1. The number of halogens is 1. The Morgan fingerprint density at radius 3 is 2.78 bits per heavy atom. The van der Waals surface area contributed by atoms with Crippen molar-refractivity contribution in [3.8, 4) is 0 Å². The first-order valence-electron chi connectivity index (χ1n) is 5.42. The number of benzene rings is 1. The number of fused-ring (bicyclic) bond motifs is 1. The Balaban J connectivity index is 2.61. The lowest BCUT2D eigenvalue weighted by Crippen LogP contribution is -2.26. The van der Waals surface area contributed by atoms with Crippen LogP contribution in [0.15, 0.2) is 21.5 Å². The van der Waals surface area contributed by atoms with Gasteiger partial charge in [-0.15, -0.1) is 0 Å². The predicted octanol–water partition coefficient (Wildman–Crippen LogP) is 1.42. The summed E-state index contributed by atoms with van der Waals surface area (Å²) < 4.78 is 24.7. The Hall–Kier alpha value is -0.920. The number of nitrogens with zero attached hydrogens (tertiary/aromatic N) is 1. The van der Waals surface area contributed by atoms with Crippen LogP contribution in [0.25, 0.3) is 0 Å². The smallest absolute Gasteiger partial charge is 0.312 e. The molecule has 1 aliphatic rings. The van der Waals surface area contributed by atoms with E-state index >= 15 is 0 Å². The van der Waals surface area contributed by atoms with Gasteiger partial charge in [0.05, 0.1) is 0 Å². The highest BCUT2D eigenvalue weighted by Gasteiger charge is 2.29. The second-order valence-electron chi connectivity index (χ2n) is 4.06. The van der Waals surface area contributed by atoms with E-state index in [9.17, 15) is 13.2 Å². The van der Waals surface area contributed by atoms with E-state index < -0.39 is 10.0 Å². The van der Waals surface area contributed by atoms with Crippen molar-refractivity contribution in [2.24, 2.45) is 0 Å². The highest BCUT2D eigenvalue weighted by Crippen LogP contribution is 2.35. The second kappa shape index (κ2) is 4.64. The number of carbonyl (C=O) groups is 1. The fourth-order valence-corrected chi connectivity index (χ4v) is 3.90. The van der Waals surface area contributed by atoms with E-state index in [1.54, 1.807) is 17.0 Å². The molecule has 1 atom stereocenters. The Kier molecular flexibility index (Phi) is 3.48. The van der Waals surface area contributed by atoms with E-state index in [-0.39, 0.29) is 10.8 Å². The first-order valence-corrected chi connectivity index (χ1v) is 7.73. The summed E-state index contributed by atoms with van der Waals surface area (Å²) in [5.41, 5.74) is 1.73. The van der Waals surface area contributed by atoms with Gasteiger partial charge < -0.3 is 4.90 Å². The largest absolute Gasteiger partial charge is 0.374 e. The van der Waals surface area contributed by atoms with Crippen molar-refractivity contribution in [3.63, 3.8) is 0 Å². The molecule has 7 heteroatoms. The lowest BCUT2D eigenvalue weighted by atomic mass is 10.2. The zero-order valence-corrected chi connectivity index (χ0v) is 12.5. The normalized spacial score (nSPS) is 17.4. The third kappa shape index (κ3) is 2.17. The number of carbonyl (C=O) groups excluding carboxylic acids is 1. The molecule has 1 unspecified atom stereocenters. The molecule has 2 N–H and O–H groups in total. The van der Waals surface area contributed by atoms with E-state index in [0.29, 0.717) is 11.0 Å². The molecule has 1 aromatic carbocycles. The Morgan fingerprint density at radius 2 is 2.22 bits per heavy atom. The fourth-order valence-electron chi connectivity index (χ4n) is 2.04. The minimum atomic E-state index is -3.28. The van der Waals surface area contributed by atoms with Crippen molar-refractivity contribution in [3.05, 3.63) is 22.2 Å². The molecule has 1 heterocycles. The number of amides is 1. The van der Waals surface area contributed by atoms with Crippen LogP contribution in [0.2, 0.25) is 0 Å². The second-order valence-corrected chi connectivity index (χ2v) is 6.82. The molecule has 1 aliphatic heterocycles. The minimum Gasteiger partial charge on any atom is -0.312 e. The Bertz CT molecular complexity index is 613. The predicted molar refractivity (Wildman–Crippen MR) is 73.3 cm³/mol. The van der Waals surface area contributed by atoms with E-state index in [1.165, 1.54) is 14.0 Å². The number of hydrogen-bond donors (Lipinski definition) is 1. The monoisotopic (exact) mass is 333 g/mol. The number of anilines is 1. The van der Waals surface area contributed by atoms with Crippen LogP contribution < -0.4 is 9.62 Å². The third-order valence-electron chi connectivity index (χ3n) is 2.98. The van der Waals surface area contributed by atoms with Gasteiger partial charge in [0.1, 0.15) is 4.90 Å². The Labute approximate surface area is 114 Å². The average molecular weight is 334 g/mol. The van der Waals surface area contributed by atoms with Gasteiger partial charge in [-0.1, -0.05) is 0 Å². The molecule has 0 spiro atoms. The first-order chi connectivity index (χ1) is 8.36. The van der Waals surface area contributed by atoms with E-state index in [0.717, 1.165) is 17.7 Å². The van der Waals surface area contributed by atoms with Crippen molar-refractivity contribution in [1.82, 2.24) is 4.72 Å². The lowest BCUT2D eigenvalue weighted by Gasteiger charge is -2.15. The summed E-state index contributed by atoms with van der Waals surface area (Å²) >= 11 is 3.30. The Morgan fingerprint density at radius 1 is 1.56 bits per heavy atom. The third-order valence-corrected chi connectivity index (χ3v) is 5.39. The molecule has 0 aromatic heterocycles. The van der Waals surface area contributed by atoms with Crippen LogP contribution in [0, 0.1) is 0 Å². The molecular weight excluding hydrogens is 320 g/mol. The number of rotatable bonds is 2. The molecule has 2 rings (SSSR count). The average Bonchev–Trinajstić information content (AvgIpc) is 2.70. The number of nitrogens with one attached hydrogen (secondary N) is 1. The highest BCUT2D eigenvalue weighted by molar-refractivity contribution is 9.10. The molecule has 1 aromatic rings. The van der Waals surface area contributed by atoms with E-state index in [2.05, 4.69) is 20.7 Å². The van der Waals surface area contributed by atoms with Crippen molar-refractivity contribution >= 4 is 37.5 Å². The molecule has 0 fully saturated rings. The summed E-state index contributed by atoms with van der Waals surface area (Å²) in [4.78, 5) is 13.4. The van der Waals surface area contributed by atoms with Crippen LogP contribution in [0.4, 0.5) is 5.69 Å². The highest BCUT2D eigenvalue weighted by atomic mass is 79.9. The van der Waals surface area contributed by atoms with Crippen LogP contribution in [0.5, 0.6) is 0 Å². The van der Waals surface area contributed by atoms with Crippen LogP contribution in [-0.2, 0) is 21.2 Å². The summed E-state index contributed by atoms with van der Waals surface area (Å²) in [7, 11) is -1.86. The van der Waals surface area contributed by atoms with Crippen LogP contribution in [0.3, 0.4) is 0 Å². The van der Waals surface area contributed by atoms with Crippen LogP contribution in [-0.4, -0.2) is 27.9 Å². The van der Waals surface area contributed by atoms with Gasteiger partial charge in [0.25, 0.3) is 0 Å².